The Balaban J connectivity index is 2.28. The highest BCUT2D eigenvalue weighted by molar-refractivity contribution is 5.16. The number of hydrogen-bond donors (Lipinski definition) is 1. The normalized spacial score (nSPS) is 13.1. The number of halogens is 1. The Bertz CT molecular complexity index is 309. The third-order valence-corrected chi connectivity index (χ3v) is 2.69. The van der Waals surface area contributed by atoms with Crippen LogP contribution in [0.3, 0.4) is 0 Å². The fourth-order valence-corrected chi connectivity index (χ4v) is 1.64. The molecule has 0 radical (unpaired) electrons. The highest BCUT2D eigenvalue weighted by Crippen LogP contribution is 2.10. The molecule has 0 spiro atoms. The summed E-state index contributed by atoms with van der Waals surface area (Å²) < 4.78 is 12.9. The summed E-state index contributed by atoms with van der Waals surface area (Å²) in [6, 6.07) is 7.43. The summed E-state index contributed by atoms with van der Waals surface area (Å²) in [6.45, 7) is 7.57. The van der Waals surface area contributed by atoms with E-state index in [1.807, 2.05) is 6.07 Å². The Morgan fingerprint density at radius 1 is 1.25 bits per heavy atom. The summed E-state index contributed by atoms with van der Waals surface area (Å²) in [5.74, 6) is 0.496. The molecule has 0 aromatic heterocycles. The van der Waals surface area contributed by atoms with E-state index < -0.39 is 0 Å². The Labute approximate surface area is 98.1 Å². The van der Waals surface area contributed by atoms with Crippen molar-refractivity contribution in [3.63, 3.8) is 0 Å². The molecule has 16 heavy (non-hydrogen) atoms. The first-order chi connectivity index (χ1) is 7.58. The first-order valence-electron chi connectivity index (χ1n) is 6.05. The van der Waals surface area contributed by atoms with Crippen molar-refractivity contribution in [3.05, 3.63) is 35.6 Å². The third-order valence-electron chi connectivity index (χ3n) is 2.69. The van der Waals surface area contributed by atoms with E-state index in [1.165, 1.54) is 6.07 Å². The van der Waals surface area contributed by atoms with Gasteiger partial charge in [-0.15, -0.1) is 0 Å². The fraction of sp³-hybridized carbons (Fsp3) is 0.571. The van der Waals surface area contributed by atoms with Crippen LogP contribution in [0.15, 0.2) is 24.3 Å². The van der Waals surface area contributed by atoms with E-state index >= 15 is 0 Å². The highest BCUT2D eigenvalue weighted by Gasteiger charge is 2.04. The lowest BCUT2D eigenvalue weighted by Gasteiger charge is -2.14. The number of rotatable bonds is 6. The Hall–Kier alpha value is -0.890. The number of nitrogens with one attached hydrogen (secondary N) is 1. The van der Waals surface area contributed by atoms with Crippen LogP contribution in [-0.2, 0) is 6.42 Å². The molecule has 0 fully saturated rings. The van der Waals surface area contributed by atoms with Crippen molar-refractivity contribution in [1.29, 1.82) is 0 Å². The molecule has 2 heteroatoms. The van der Waals surface area contributed by atoms with Crippen molar-refractivity contribution in [2.24, 2.45) is 5.92 Å². The maximum Gasteiger partial charge on any atom is 0.123 e. The van der Waals surface area contributed by atoms with Crippen LogP contribution < -0.4 is 5.32 Å². The maximum absolute atomic E-state index is 12.9. The van der Waals surface area contributed by atoms with Gasteiger partial charge in [0.2, 0.25) is 0 Å². The average Bonchev–Trinajstić information content (AvgIpc) is 2.23. The number of aryl methyl sites for hydroxylation is 1. The van der Waals surface area contributed by atoms with Crippen molar-refractivity contribution in [2.75, 3.05) is 6.54 Å². The van der Waals surface area contributed by atoms with Gasteiger partial charge in [-0.25, -0.2) is 4.39 Å². The molecular formula is C14H22FN. The largest absolute Gasteiger partial charge is 0.314 e. The zero-order valence-corrected chi connectivity index (χ0v) is 10.5. The molecule has 1 rings (SSSR count). The molecule has 0 aliphatic heterocycles. The third kappa shape index (κ3) is 5.26. The van der Waals surface area contributed by atoms with Crippen molar-refractivity contribution in [3.8, 4) is 0 Å². The van der Waals surface area contributed by atoms with E-state index in [4.69, 9.17) is 0 Å². The molecule has 1 nitrogen and oxygen atoms in total. The SMILES string of the molecule is CC(CCc1cccc(F)c1)CNC(C)C. The number of hydrogen-bond acceptors (Lipinski definition) is 1. The topological polar surface area (TPSA) is 12.0 Å². The van der Waals surface area contributed by atoms with Crippen LogP contribution in [0.5, 0.6) is 0 Å². The second-order valence-electron chi connectivity index (χ2n) is 4.84. The first kappa shape index (κ1) is 13.2. The van der Waals surface area contributed by atoms with Gasteiger partial charge in [-0.2, -0.15) is 0 Å². The zero-order valence-electron chi connectivity index (χ0n) is 10.5. The van der Waals surface area contributed by atoms with Crippen LogP contribution >= 0.6 is 0 Å². The van der Waals surface area contributed by atoms with Crippen LogP contribution in [0, 0.1) is 11.7 Å². The minimum atomic E-state index is -0.134. The van der Waals surface area contributed by atoms with Crippen LogP contribution in [0.1, 0.15) is 32.8 Å². The molecule has 1 N–H and O–H groups in total. The summed E-state index contributed by atoms with van der Waals surface area (Å²) in [6.07, 6.45) is 2.06. The molecule has 0 aliphatic rings. The summed E-state index contributed by atoms with van der Waals surface area (Å²) >= 11 is 0. The molecule has 1 aromatic rings. The van der Waals surface area contributed by atoms with Crippen molar-refractivity contribution in [2.45, 2.75) is 39.7 Å². The predicted octanol–water partition coefficient (Wildman–Crippen LogP) is 3.39. The summed E-state index contributed by atoms with van der Waals surface area (Å²) in [5, 5.41) is 3.42. The van der Waals surface area contributed by atoms with Gasteiger partial charge >= 0.3 is 0 Å². The van der Waals surface area contributed by atoms with E-state index in [0.29, 0.717) is 12.0 Å². The van der Waals surface area contributed by atoms with Gasteiger partial charge in [-0.1, -0.05) is 32.9 Å². The molecule has 90 valence electrons. The van der Waals surface area contributed by atoms with E-state index in [2.05, 4.69) is 26.1 Å². The van der Waals surface area contributed by atoms with E-state index in [0.717, 1.165) is 24.9 Å². The first-order valence-corrected chi connectivity index (χ1v) is 6.05. The lowest BCUT2D eigenvalue weighted by Crippen LogP contribution is -2.28. The molecule has 1 atom stereocenters. The second kappa shape index (κ2) is 6.64. The lowest BCUT2D eigenvalue weighted by atomic mass is 10.0. The van der Waals surface area contributed by atoms with Crippen molar-refractivity contribution < 1.29 is 4.39 Å². The van der Waals surface area contributed by atoms with Gasteiger partial charge in [0.1, 0.15) is 5.82 Å². The summed E-state index contributed by atoms with van der Waals surface area (Å²) in [7, 11) is 0. The monoisotopic (exact) mass is 223 g/mol. The smallest absolute Gasteiger partial charge is 0.123 e. The van der Waals surface area contributed by atoms with E-state index in [9.17, 15) is 4.39 Å². The van der Waals surface area contributed by atoms with E-state index in [-0.39, 0.29) is 5.82 Å². The Morgan fingerprint density at radius 3 is 2.62 bits per heavy atom. The summed E-state index contributed by atoms with van der Waals surface area (Å²) in [4.78, 5) is 0. The summed E-state index contributed by atoms with van der Waals surface area (Å²) in [5.41, 5.74) is 1.09. The van der Waals surface area contributed by atoms with Gasteiger partial charge in [0.15, 0.2) is 0 Å². The van der Waals surface area contributed by atoms with Gasteiger partial charge in [0.25, 0.3) is 0 Å². The van der Waals surface area contributed by atoms with Crippen molar-refractivity contribution >= 4 is 0 Å². The van der Waals surface area contributed by atoms with Gasteiger partial charge in [0.05, 0.1) is 0 Å². The molecule has 0 heterocycles. The van der Waals surface area contributed by atoms with Gasteiger partial charge < -0.3 is 5.32 Å². The van der Waals surface area contributed by atoms with Crippen LogP contribution in [0.25, 0.3) is 0 Å². The maximum atomic E-state index is 12.9. The number of benzene rings is 1. The van der Waals surface area contributed by atoms with Crippen molar-refractivity contribution in [1.82, 2.24) is 5.32 Å². The predicted molar refractivity (Wildman–Crippen MR) is 67.0 cm³/mol. The minimum Gasteiger partial charge on any atom is -0.314 e. The standard InChI is InChI=1S/C14H22FN/c1-11(2)16-10-12(3)7-8-13-5-4-6-14(15)9-13/h4-6,9,11-12,16H,7-8,10H2,1-3H3. The second-order valence-corrected chi connectivity index (χ2v) is 4.84. The Morgan fingerprint density at radius 2 is 2.00 bits per heavy atom. The molecule has 0 bridgehead atoms. The zero-order chi connectivity index (χ0) is 12.0. The molecule has 0 saturated heterocycles. The minimum absolute atomic E-state index is 0.134. The highest BCUT2D eigenvalue weighted by atomic mass is 19.1. The average molecular weight is 223 g/mol. The van der Waals surface area contributed by atoms with Crippen LogP contribution in [-0.4, -0.2) is 12.6 Å². The molecular weight excluding hydrogens is 201 g/mol. The van der Waals surface area contributed by atoms with Crippen LogP contribution in [0.2, 0.25) is 0 Å². The molecule has 1 unspecified atom stereocenters. The fourth-order valence-electron chi connectivity index (χ4n) is 1.64. The quantitative estimate of drug-likeness (QED) is 0.779. The van der Waals surface area contributed by atoms with Gasteiger partial charge in [-0.05, 0) is 43.0 Å². The lowest BCUT2D eigenvalue weighted by molar-refractivity contribution is 0.453. The van der Waals surface area contributed by atoms with Gasteiger partial charge in [-0.3, -0.25) is 0 Å². The molecule has 0 aliphatic carbocycles. The molecule has 1 aromatic carbocycles. The molecule has 0 amide bonds. The van der Waals surface area contributed by atoms with E-state index in [1.54, 1.807) is 12.1 Å². The van der Waals surface area contributed by atoms with Crippen LogP contribution in [0.4, 0.5) is 4.39 Å². The van der Waals surface area contributed by atoms with Gasteiger partial charge in [0, 0.05) is 6.04 Å². The molecule has 0 saturated carbocycles. The Kier molecular flexibility index (Phi) is 5.47.